The molecule has 1 aromatic carbocycles. The van der Waals surface area contributed by atoms with Crippen molar-refractivity contribution in [2.75, 3.05) is 6.54 Å². The normalized spacial score (nSPS) is 11.8. The molecule has 5 nitrogen and oxygen atoms in total. The van der Waals surface area contributed by atoms with Gasteiger partial charge in [0.25, 0.3) is 0 Å². The van der Waals surface area contributed by atoms with Crippen LogP contribution >= 0.6 is 0 Å². The maximum atomic E-state index is 11.9. The highest BCUT2D eigenvalue weighted by molar-refractivity contribution is 7.89. The van der Waals surface area contributed by atoms with Crippen molar-refractivity contribution in [3.63, 3.8) is 0 Å². The van der Waals surface area contributed by atoms with Crippen LogP contribution in [-0.4, -0.2) is 19.9 Å². The van der Waals surface area contributed by atoms with Gasteiger partial charge in [0.05, 0.1) is 4.90 Å². The molecule has 0 radical (unpaired) electrons. The summed E-state index contributed by atoms with van der Waals surface area (Å²) >= 11 is 0. The Morgan fingerprint density at radius 2 is 2.00 bits per heavy atom. The summed E-state index contributed by atoms with van der Waals surface area (Å²) in [5.74, 6) is 0. The van der Waals surface area contributed by atoms with E-state index >= 15 is 0 Å². The van der Waals surface area contributed by atoms with Crippen LogP contribution < -0.4 is 10.3 Å². The van der Waals surface area contributed by atoms with Crippen LogP contribution in [0.5, 0.6) is 0 Å². The van der Waals surface area contributed by atoms with Crippen LogP contribution in [0.25, 0.3) is 10.9 Å². The summed E-state index contributed by atoms with van der Waals surface area (Å²) in [6.45, 7) is 2.31. The van der Waals surface area contributed by atoms with Crippen molar-refractivity contribution < 1.29 is 8.42 Å². The Labute approximate surface area is 105 Å². The van der Waals surface area contributed by atoms with Gasteiger partial charge in [0, 0.05) is 18.1 Å². The molecule has 1 heterocycles. The summed E-state index contributed by atoms with van der Waals surface area (Å²) < 4.78 is 26.3. The van der Waals surface area contributed by atoms with E-state index in [1.165, 1.54) is 12.1 Å². The Hall–Kier alpha value is -1.66. The molecule has 2 rings (SSSR count). The molecule has 1 aromatic heterocycles. The summed E-state index contributed by atoms with van der Waals surface area (Å²) in [6.07, 6.45) is 0.736. The zero-order chi connectivity index (χ0) is 13.2. The van der Waals surface area contributed by atoms with Crippen LogP contribution in [0.15, 0.2) is 40.0 Å². The van der Waals surface area contributed by atoms with E-state index in [1.54, 1.807) is 18.2 Å². The lowest BCUT2D eigenvalue weighted by Gasteiger charge is -2.06. The van der Waals surface area contributed by atoms with Crippen molar-refractivity contribution >= 4 is 20.9 Å². The van der Waals surface area contributed by atoms with Crippen molar-refractivity contribution in [1.82, 2.24) is 9.71 Å². The first-order valence-corrected chi connectivity index (χ1v) is 7.14. The Bertz CT molecular complexity index is 719. The number of fused-ring (bicyclic) bond motifs is 1. The van der Waals surface area contributed by atoms with Crippen molar-refractivity contribution in [2.24, 2.45) is 0 Å². The monoisotopic (exact) mass is 266 g/mol. The highest BCUT2D eigenvalue weighted by Gasteiger charge is 2.13. The van der Waals surface area contributed by atoms with E-state index in [0.717, 1.165) is 6.42 Å². The van der Waals surface area contributed by atoms with Gasteiger partial charge in [0.1, 0.15) is 0 Å². The Morgan fingerprint density at radius 3 is 2.72 bits per heavy atom. The fourth-order valence-corrected chi connectivity index (χ4v) is 2.79. The molecule has 0 aliphatic rings. The molecule has 0 aliphatic heterocycles. The van der Waals surface area contributed by atoms with Crippen molar-refractivity contribution in [2.45, 2.75) is 18.2 Å². The van der Waals surface area contributed by atoms with Crippen LogP contribution in [-0.2, 0) is 10.0 Å². The SMILES string of the molecule is CCCNS(=O)(=O)c1ccc2[nH]c(=O)ccc2c1. The predicted molar refractivity (Wildman–Crippen MR) is 70.0 cm³/mol. The van der Waals surface area contributed by atoms with Gasteiger partial charge in [-0.05, 0) is 36.1 Å². The largest absolute Gasteiger partial charge is 0.322 e. The number of aromatic amines is 1. The third-order valence-corrected chi connectivity index (χ3v) is 4.01. The lowest BCUT2D eigenvalue weighted by molar-refractivity contribution is 0.581. The van der Waals surface area contributed by atoms with E-state index in [-0.39, 0.29) is 10.5 Å². The van der Waals surface area contributed by atoms with Crippen LogP contribution in [0.1, 0.15) is 13.3 Å². The number of H-pyrrole nitrogens is 1. The van der Waals surface area contributed by atoms with Gasteiger partial charge in [0.15, 0.2) is 0 Å². The molecule has 6 heteroatoms. The lowest BCUT2D eigenvalue weighted by atomic mass is 10.2. The second-order valence-electron chi connectivity index (χ2n) is 3.97. The lowest BCUT2D eigenvalue weighted by Crippen LogP contribution is -2.24. The van der Waals surface area contributed by atoms with Crippen molar-refractivity contribution in [3.8, 4) is 0 Å². The summed E-state index contributed by atoms with van der Waals surface area (Å²) in [5.41, 5.74) is 0.416. The molecule has 0 saturated heterocycles. The average molecular weight is 266 g/mol. The van der Waals surface area contributed by atoms with Gasteiger partial charge in [-0.3, -0.25) is 4.79 Å². The number of rotatable bonds is 4. The summed E-state index contributed by atoms with van der Waals surface area (Å²) in [7, 11) is -3.47. The standard InChI is InChI=1S/C12H14N2O3S/c1-2-7-13-18(16,17)10-4-5-11-9(8-10)3-6-12(15)14-11/h3-6,8,13H,2,7H2,1H3,(H,14,15). The first kappa shape index (κ1) is 12.8. The van der Waals surface area contributed by atoms with Gasteiger partial charge in [-0.2, -0.15) is 0 Å². The highest BCUT2D eigenvalue weighted by atomic mass is 32.2. The number of benzene rings is 1. The Morgan fingerprint density at radius 1 is 1.22 bits per heavy atom. The van der Waals surface area contributed by atoms with Gasteiger partial charge in [0.2, 0.25) is 15.6 Å². The van der Waals surface area contributed by atoms with Gasteiger partial charge in [-0.15, -0.1) is 0 Å². The van der Waals surface area contributed by atoms with Crippen LogP contribution in [0, 0.1) is 0 Å². The summed E-state index contributed by atoms with van der Waals surface area (Å²) in [5, 5.41) is 0.689. The molecule has 0 aliphatic carbocycles. The maximum absolute atomic E-state index is 11.9. The first-order valence-electron chi connectivity index (χ1n) is 5.66. The molecule has 96 valence electrons. The molecule has 0 atom stereocenters. The van der Waals surface area contributed by atoms with Gasteiger partial charge in [-0.25, -0.2) is 13.1 Å². The van der Waals surface area contributed by atoms with Crippen molar-refractivity contribution in [3.05, 3.63) is 40.7 Å². The molecule has 0 fully saturated rings. The second kappa shape index (κ2) is 4.91. The minimum atomic E-state index is -3.47. The van der Waals surface area contributed by atoms with E-state index in [0.29, 0.717) is 17.4 Å². The smallest absolute Gasteiger partial charge is 0.248 e. The topological polar surface area (TPSA) is 79.0 Å². The number of hydrogen-bond acceptors (Lipinski definition) is 3. The summed E-state index contributed by atoms with van der Waals surface area (Å²) in [6, 6.07) is 7.60. The molecule has 2 N–H and O–H groups in total. The quantitative estimate of drug-likeness (QED) is 0.873. The molecule has 0 unspecified atom stereocenters. The fraction of sp³-hybridized carbons (Fsp3) is 0.250. The zero-order valence-electron chi connectivity index (χ0n) is 9.93. The predicted octanol–water partition coefficient (Wildman–Crippen LogP) is 1.22. The Kier molecular flexibility index (Phi) is 3.49. The molecule has 18 heavy (non-hydrogen) atoms. The first-order chi connectivity index (χ1) is 8.53. The maximum Gasteiger partial charge on any atom is 0.248 e. The molecular formula is C12H14N2O3S. The van der Waals surface area contributed by atoms with E-state index in [1.807, 2.05) is 6.92 Å². The molecule has 0 amide bonds. The third kappa shape index (κ3) is 2.60. The second-order valence-corrected chi connectivity index (χ2v) is 5.74. The zero-order valence-corrected chi connectivity index (χ0v) is 10.8. The van der Waals surface area contributed by atoms with E-state index in [9.17, 15) is 13.2 Å². The fourth-order valence-electron chi connectivity index (χ4n) is 1.62. The van der Waals surface area contributed by atoms with E-state index < -0.39 is 10.0 Å². The van der Waals surface area contributed by atoms with Gasteiger partial charge < -0.3 is 4.98 Å². The van der Waals surface area contributed by atoms with Gasteiger partial charge >= 0.3 is 0 Å². The molecule has 0 bridgehead atoms. The number of sulfonamides is 1. The Balaban J connectivity index is 2.47. The molecule has 0 spiro atoms. The minimum Gasteiger partial charge on any atom is -0.322 e. The van der Waals surface area contributed by atoms with E-state index in [2.05, 4.69) is 9.71 Å². The molecular weight excluding hydrogens is 252 g/mol. The number of nitrogens with one attached hydrogen (secondary N) is 2. The van der Waals surface area contributed by atoms with Crippen LogP contribution in [0.4, 0.5) is 0 Å². The highest BCUT2D eigenvalue weighted by Crippen LogP contribution is 2.16. The minimum absolute atomic E-state index is 0.204. The van der Waals surface area contributed by atoms with Gasteiger partial charge in [-0.1, -0.05) is 6.92 Å². The molecule has 0 saturated carbocycles. The number of pyridine rings is 1. The molecule has 2 aromatic rings. The number of aromatic nitrogens is 1. The van der Waals surface area contributed by atoms with E-state index in [4.69, 9.17) is 0 Å². The van der Waals surface area contributed by atoms with Crippen LogP contribution in [0.2, 0.25) is 0 Å². The average Bonchev–Trinajstić information content (AvgIpc) is 2.35. The van der Waals surface area contributed by atoms with Crippen LogP contribution in [0.3, 0.4) is 0 Å². The van der Waals surface area contributed by atoms with Crippen molar-refractivity contribution in [1.29, 1.82) is 0 Å². The number of hydrogen-bond donors (Lipinski definition) is 2. The third-order valence-electron chi connectivity index (χ3n) is 2.55. The summed E-state index contributed by atoms with van der Waals surface area (Å²) in [4.78, 5) is 14.0.